The van der Waals surface area contributed by atoms with Crippen LogP contribution in [0.5, 0.6) is 0 Å². The van der Waals surface area contributed by atoms with Crippen LogP contribution < -0.4 is 16.0 Å². The van der Waals surface area contributed by atoms with Crippen LogP contribution in [0.3, 0.4) is 0 Å². The van der Waals surface area contributed by atoms with Crippen LogP contribution in [0, 0.1) is 5.82 Å². The van der Waals surface area contributed by atoms with E-state index < -0.39 is 5.54 Å². The number of pyridine rings is 1. The van der Waals surface area contributed by atoms with Crippen LogP contribution in [-0.2, 0) is 6.42 Å². The summed E-state index contributed by atoms with van der Waals surface area (Å²) in [7, 11) is 3.39. The maximum absolute atomic E-state index is 15.0. The average Bonchev–Trinajstić information content (AvgIpc) is 3.32. The minimum absolute atomic E-state index is 0.137. The third-order valence-corrected chi connectivity index (χ3v) is 7.74. The fourth-order valence-electron chi connectivity index (χ4n) is 4.63. The predicted octanol–water partition coefficient (Wildman–Crippen LogP) is 4.28. The molecule has 8 nitrogen and oxygen atoms in total. The Morgan fingerprint density at radius 1 is 1.24 bits per heavy atom. The van der Waals surface area contributed by atoms with E-state index in [-0.39, 0.29) is 17.1 Å². The third-order valence-electron chi connectivity index (χ3n) is 6.35. The van der Waals surface area contributed by atoms with Crippen molar-refractivity contribution in [3.63, 3.8) is 0 Å². The number of hydrogen-bond acceptors (Lipinski definition) is 6. The molecule has 3 aromatic rings. The number of hydrogen-bond donors (Lipinski definition) is 3. The Morgan fingerprint density at radius 2 is 2.06 bits per heavy atom. The van der Waals surface area contributed by atoms with Crippen molar-refractivity contribution in [1.29, 1.82) is 0 Å². The molecule has 2 amide bonds. The quantitative estimate of drug-likeness (QED) is 0.521. The van der Waals surface area contributed by atoms with Crippen molar-refractivity contribution < 1.29 is 9.18 Å². The van der Waals surface area contributed by atoms with Crippen LogP contribution in [0.2, 0.25) is 0 Å². The summed E-state index contributed by atoms with van der Waals surface area (Å²) >= 11 is 1.49. The Labute approximate surface area is 201 Å². The molecule has 1 aliphatic carbocycles. The van der Waals surface area contributed by atoms with Gasteiger partial charge in [-0.05, 0) is 50.5 Å². The molecule has 0 saturated carbocycles. The van der Waals surface area contributed by atoms with Crippen molar-refractivity contribution in [2.75, 3.05) is 19.4 Å². The van der Waals surface area contributed by atoms with Crippen LogP contribution in [0.25, 0.3) is 16.9 Å². The largest absolute Gasteiger partial charge is 0.373 e. The van der Waals surface area contributed by atoms with Gasteiger partial charge in [-0.3, -0.25) is 10.3 Å². The number of rotatable bonds is 3. The zero-order chi connectivity index (χ0) is 23.9. The van der Waals surface area contributed by atoms with Crippen molar-refractivity contribution in [3.05, 3.63) is 59.7 Å². The lowest BCUT2D eigenvalue weighted by Gasteiger charge is -2.27. The fraction of sp³-hybridized carbons (Fsp3) is 0.333. The number of para-hydroxylation sites is 1. The Balaban J connectivity index is 1.68. The summed E-state index contributed by atoms with van der Waals surface area (Å²) in [5.74, 6) is 0.419. The molecule has 0 radical (unpaired) electrons. The number of fused-ring (bicyclic) bond motifs is 3. The molecule has 176 valence electrons. The highest BCUT2D eigenvalue weighted by atomic mass is 32.2. The second-order valence-electron chi connectivity index (χ2n) is 8.59. The SMILES string of the molecule is CNC(=O)NC1=NC2(C)CCCc3c(-c4ccc(NC)nc4)nn(-c4ccccc4F)c3C2S1. The van der Waals surface area contributed by atoms with E-state index in [2.05, 4.69) is 27.9 Å². The summed E-state index contributed by atoms with van der Waals surface area (Å²) in [6, 6.07) is 10.2. The molecular weight excluding hydrogens is 453 g/mol. The van der Waals surface area contributed by atoms with Crippen molar-refractivity contribution in [3.8, 4) is 16.9 Å². The van der Waals surface area contributed by atoms with Crippen molar-refractivity contribution >= 4 is 28.8 Å². The first kappa shape index (κ1) is 22.4. The molecule has 10 heteroatoms. The number of urea groups is 1. The molecule has 1 aliphatic heterocycles. The molecule has 2 aliphatic rings. The van der Waals surface area contributed by atoms with Gasteiger partial charge in [0.05, 0.1) is 22.2 Å². The first-order chi connectivity index (χ1) is 16.4. The molecule has 0 fully saturated rings. The summed E-state index contributed by atoms with van der Waals surface area (Å²) in [5, 5.41) is 13.8. The van der Waals surface area contributed by atoms with E-state index in [1.54, 1.807) is 30.1 Å². The minimum Gasteiger partial charge on any atom is -0.373 e. The van der Waals surface area contributed by atoms with Gasteiger partial charge in [-0.15, -0.1) is 0 Å². The molecule has 5 rings (SSSR count). The van der Waals surface area contributed by atoms with Crippen molar-refractivity contribution in [2.45, 2.75) is 37.0 Å². The van der Waals surface area contributed by atoms with E-state index in [0.29, 0.717) is 10.9 Å². The van der Waals surface area contributed by atoms with Crippen molar-refractivity contribution in [2.24, 2.45) is 4.99 Å². The Morgan fingerprint density at radius 3 is 2.76 bits per heavy atom. The monoisotopic (exact) mass is 479 g/mol. The van der Waals surface area contributed by atoms with E-state index in [1.807, 2.05) is 25.2 Å². The summed E-state index contributed by atoms with van der Waals surface area (Å²) in [5.41, 5.74) is 3.59. The van der Waals surface area contributed by atoms with Gasteiger partial charge < -0.3 is 10.6 Å². The molecule has 2 aromatic heterocycles. The molecule has 0 saturated heterocycles. The van der Waals surface area contributed by atoms with Gasteiger partial charge in [0, 0.05) is 31.4 Å². The molecule has 2 unspecified atom stereocenters. The number of aliphatic imine (C=N–C) groups is 1. The lowest BCUT2D eigenvalue weighted by Crippen LogP contribution is -2.35. The number of amides is 2. The Hall–Kier alpha value is -3.40. The van der Waals surface area contributed by atoms with Crippen LogP contribution in [0.1, 0.15) is 36.3 Å². The van der Waals surface area contributed by atoms with Crippen LogP contribution >= 0.6 is 11.8 Å². The maximum atomic E-state index is 15.0. The van der Waals surface area contributed by atoms with E-state index in [4.69, 9.17) is 10.1 Å². The number of carbonyl (C=O) groups is 1. The summed E-state index contributed by atoms with van der Waals surface area (Å²) in [4.78, 5) is 21.3. The molecule has 3 heterocycles. The van der Waals surface area contributed by atoms with Crippen LogP contribution in [0.4, 0.5) is 15.0 Å². The van der Waals surface area contributed by atoms with E-state index in [1.165, 1.54) is 17.8 Å². The molecule has 2 atom stereocenters. The molecule has 0 spiro atoms. The number of carbonyl (C=O) groups excluding carboxylic acids is 1. The number of benzene rings is 1. The normalized spacial score (nSPS) is 21.2. The molecule has 34 heavy (non-hydrogen) atoms. The summed E-state index contributed by atoms with van der Waals surface area (Å²) in [6.07, 6.45) is 4.33. The number of amidine groups is 1. The molecule has 0 bridgehead atoms. The number of nitrogens with one attached hydrogen (secondary N) is 3. The summed E-state index contributed by atoms with van der Waals surface area (Å²) in [6.45, 7) is 2.10. The highest BCUT2D eigenvalue weighted by Crippen LogP contribution is 2.53. The highest BCUT2D eigenvalue weighted by Gasteiger charge is 2.47. The molecular formula is C24H26FN7OS. The second-order valence-corrected chi connectivity index (χ2v) is 9.68. The van der Waals surface area contributed by atoms with Crippen molar-refractivity contribution in [1.82, 2.24) is 25.4 Å². The number of thioether (sulfide) groups is 1. The van der Waals surface area contributed by atoms with Gasteiger partial charge in [-0.25, -0.2) is 18.9 Å². The van der Waals surface area contributed by atoms with Crippen LogP contribution in [-0.4, -0.2) is 45.6 Å². The highest BCUT2D eigenvalue weighted by molar-refractivity contribution is 8.14. The second kappa shape index (κ2) is 8.75. The zero-order valence-corrected chi connectivity index (χ0v) is 20.0. The zero-order valence-electron chi connectivity index (χ0n) is 19.2. The number of halogens is 1. The first-order valence-corrected chi connectivity index (χ1v) is 12.1. The van der Waals surface area contributed by atoms with Gasteiger partial charge in [0.25, 0.3) is 0 Å². The lowest BCUT2D eigenvalue weighted by atomic mass is 9.92. The van der Waals surface area contributed by atoms with E-state index in [0.717, 1.165) is 47.6 Å². The smallest absolute Gasteiger partial charge is 0.320 e. The Bertz CT molecular complexity index is 1270. The number of anilines is 1. The first-order valence-electron chi connectivity index (χ1n) is 11.2. The van der Waals surface area contributed by atoms with Gasteiger partial charge in [0.1, 0.15) is 17.3 Å². The Kier molecular flexibility index (Phi) is 5.76. The standard InChI is InChI=1S/C24H26FN7OS/c1-24-12-6-7-15-19(14-10-11-18(26-2)28-13-14)31-32(17-9-5-4-8-16(17)25)20(15)21(24)34-23(30-24)29-22(33)27-3/h4-5,8-11,13,21H,6-7,12H2,1-3H3,(H,26,28)(H2,27,29,30,33). The van der Waals surface area contributed by atoms with Gasteiger partial charge >= 0.3 is 6.03 Å². The average molecular weight is 480 g/mol. The third kappa shape index (κ3) is 3.81. The lowest BCUT2D eigenvalue weighted by molar-refractivity contribution is 0.247. The number of aromatic nitrogens is 3. The predicted molar refractivity (Wildman–Crippen MR) is 133 cm³/mol. The van der Waals surface area contributed by atoms with Gasteiger partial charge in [0.15, 0.2) is 5.17 Å². The minimum atomic E-state index is -0.458. The van der Waals surface area contributed by atoms with Gasteiger partial charge in [0.2, 0.25) is 0 Å². The topological polar surface area (TPSA) is 96.2 Å². The fourth-order valence-corrected chi connectivity index (χ4v) is 6.05. The number of nitrogens with zero attached hydrogens (tertiary/aromatic N) is 4. The van der Waals surface area contributed by atoms with E-state index in [9.17, 15) is 4.79 Å². The van der Waals surface area contributed by atoms with E-state index >= 15 is 4.39 Å². The molecule has 3 N–H and O–H groups in total. The molecule has 1 aromatic carbocycles. The maximum Gasteiger partial charge on any atom is 0.320 e. The summed E-state index contributed by atoms with van der Waals surface area (Å²) < 4.78 is 16.7. The van der Waals surface area contributed by atoms with Crippen LogP contribution in [0.15, 0.2) is 47.6 Å². The van der Waals surface area contributed by atoms with Gasteiger partial charge in [-0.1, -0.05) is 23.9 Å². The van der Waals surface area contributed by atoms with Gasteiger partial charge in [-0.2, -0.15) is 5.10 Å².